The number of carbonyl (C=O) groups excluding carboxylic acids is 1. The van der Waals surface area contributed by atoms with E-state index in [1.54, 1.807) is 29.0 Å². The number of benzene rings is 2. The van der Waals surface area contributed by atoms with Crippen LogP contribution in [0.1, 0.15) is 5.69 Å². The third kappa shape index (κ3) is 3.31. The summed E-state index contributed by atoms with van der Waals surface area (Å²) < 4.78 is 2.28. The fourth-order valence-corrected chi connectivity index (χ4v) is 2.94. The Morgan fingerprint density at radius 3 is 2.79 bits per heavy atom. The van der Waals surface area contributed by atoms with Gasteiger partial charge in [-0.1, -0.05) is 29.8 Å². The highest BCUT2D eigenvalue weighted by atomic mass is 35.5. The Bertz CT molecular complexity index is 1000. The summed E-state index contributed by atoms with van der Waals surface area (Å²) in [4.78, 5) is 17.3. The number of aliphatic imine (C=N–C) groups is 1. The van der Waals surface area contributed by atoms with Crippen LogP contribution in [0.15, 0.2) is 53.5 Å². The monoisotopic (exact) mass is 356 g/mol. The second-order valence-electron chi connectivity index (χ2n) is 5.11. The van der Waals surface area contributed by atoms with Crippen LogP contribution >= 0.6 is 23.8 Å². The van der Waals surface area contributed by atoms with E-state index in [4.69, 9.17) is 23.8 Å². The first kappa shape index (κ1) is 16.2. The molecule has 2 N–H and O–H groups in total. The standard InChI is InChI=1S/C17H13ClN4OS/c1-11-16(12-4-2-6-14(8-12)19-10-23)22(17(24)20-11)21-15-7-3-5-13(18)9-15/h2-9,21H,1H3,(H,20,24). The molecule has 0 atom stereocenters. The van der Waals surface area contributed by atoms with Crippen LogP contribution in [0, 0.1) is 11.7 Å². The highest BCUT2D eigenvalue weighted by molar-refractivity contribution is 7.71. The minimum atomic E-state index is 0.520. The van der Waals surface area contributed by atoms with Gasteiger partial charge in [-0.2, -0.15) is 4.99 Å². The van der Waals surface area contributed by atoms with Gasteiger partial charge in [-0.15, -0.1) is 0 Å². The fraction of sp³-hybridized carbons (Fsp3) is 0.0588. The van der Waals surface area contributed by atoms with Crippen molar-refractivity contribution in [2.45, 2.75) is 6.92 Å². The molecule has 2 aromatic carbocycles. The summed E-state index contributed by atoms with van der Waals surface area (Å²) in [7, 11) is 0. The van der Waals surface area contributed by atoms with Crippen molar-refractivity contribution in [2.75, 3.05) is 5.43 Å². The molecule has 0 aliphatic carbocycles. The van der Waals surface area contributed by atoms with Gasteiger partial charge in [0.25, 0.3) is 0 Å². The number of anilines is 1. The first-order chi connectivity index (χ1) is 11.6. The zero-order chi connectivity index (χ0) is 17.1. The average molecular weight is 357 g/mol. The van der Waals surface area contributed by atoms with Gasteiger partial charge in [0.2, 0.25) is 6.08 Å². The number of nitrogens with zero attached hydrogens (tertiary/aromatic N) is 2. The molecule has 1 aromatic heterocycles. The Morgan fingerprint density at radius 1 is 1.25 bits per heavy atom. The van der Waals surface area contributed by atoms with E-state index in [1.165, 1.54) is 0 Å². The molecule has 120 valence electrons. The third-order valence-corrected chi connectivity index (χ3v) is 3.96. The van der Waals surface area contributed by atoms with E-state index < -0.39 is 0 Å². The molecule has 0 saturated heterocycles. The van der Waals surface area contributed by atoms with Crippen molar-refractivity contribution in [3.63, 3.8) is 0 Å². The van der Waals surface area contributed by atoms with E-state index in [9.17, 15) is 4.79 Å². The lowest BCUT2D eigenvalue weighted by molar-refractivity contribution is 0.565. The number of aromatic nitrogens is 2. The van der Waals surface area contributed by atoms with Gasteiger partial charge in [0, 0.05) is 16.3 Å². The minimum absolute atomic E-state index is 0.520. The number of nitrogens with one attached hydrogen (secondary N) is 2. The summed E-state index contributed by atoms with van der Waals surface area (Å²) in [5, 5.41) is 0.627. The highest BCUT2D eigenvalue weighted by Crippen LogP contribution is 2.27. The number of halogens is 1. The van der Waals surface area contributed by atoms with Gasteiger partial charge in [0.15, 0.2) is 4.77 Å². The van der Waals surface area contributed by atoms with Crippen molar-refractivity contribution in [3.8, 4) is 11.3 Å². The summed E-state index contributed by atoms with van der Waals surface area (Å²) in [5.41, 5.74) is 7.19. The largest absolute Gasteiger partial charge is 0.333 e. The van der Waals surface area contributed by atoms with Crippen molar-refractivity contribution in [3.05, 3.63) is 64.0 Å². The molecule has 3 rings (SSSR count). The molecule has 0 amide bonds. The molecule has 1 heterocycles. The van der Waals surface area contributed by atoms with E-state index in [0.29, 0.717) is 15.5 Å². The molecule has 0 aliphatic heterocycles. The molecular weight excluding hydrogens is 344 g/mol. The van der Waals surface area contributed by atoms with E-state index in [0.717, 1.165) is 22.6 Å². The lowest BCUT2D eigenvalue weighted by Crippen LogP contribution is -2.10. The summed E-state index contributed by atoms with van der Waals surface area (Å²) in [6.07, 6.45) is 1.55. The maximum absolute atomic E-state index is 10.5. The summed E-state index contributed by atoms with van der Waals surface area (Å²) in [6.45, 7) is 1.93. The number of H-pyrrole nitrogens is 1. The maximum atomic E-state index is 10.5. The van der Waals surface area contributed by atoms with Crippen LogP contribution in [-0.4, -0.2) is 15.7 Å². The smallest absolute Gasteiger partial charge is 0.240 e. The molecule has 3 aromatic rings. The van der Waals surface area contributed by atoms with Crippen LogP contribution < -0.4 is 5.43 Å². The summed E-state index contributed by atoms with van der Waals surface area (Å²) in [6, 6.07) is 14.6. The molecule has 7 heteroatoms. The van der Waals surface area contributed by atoms with Crippen LogP contribution in [0.2, 0.25) is 5.02 Å². The number of aromatic amines is 1. The first-order valence-corrected chi connectivity index (χ1v) is 7.89. The Labute approximate surface area is 148 Å². The maximum Gasteiger partial charge on any atom is 0.240 e. The lowest BCUT2D eigenvalue weighted by atomic mass is 10.1. The predicted octanol–water partition coefficient (Wildman–Crippen LogP) is 5.02. The Kier molecular flexibility index (Phi) is 4.62. The van der Waals surface area contributed by atoms with E-state index in [1.807, 2.05) is 37.3 Å². The molecule has 0 bridgehead atoms. The molecule has 5 nitrogen and oxygen atoms in total. The molecular formula is C17H13ClN4OS. The summed E-state index contributed by atoms with van der Waals surface area (Å²) in [5.74, 6) is 0. The highest BCUT2D eigenvalue weighted by Gasteiger charge is 2.12. The van der Waals surface area contributed by atoms with Crippen LogP contribution in [0.4, 0.5) is 11.4 Å². The average Bonchev–Trinajstić information content (AvgIpc) is 2.82. The third-order valence-electron chi connectivity index (χ3n) is 3.44. The quantitative estimate of drug-likeness (QED) is 0.392. The van der Waals surface area contributed by atoms with Crippen LogP contribution in [0.3, 0.4) is 0 Å². The van der Waals surface area contributed by atoms with Crippen molar-refractivity contribution in [1.29, 1.82) is 0 Å². The van der Waals surface area contributed by atoms with Gasteiger partial charge in [-0.3, -0.25) is 5.43 Å². The van der Waals surface area contributed by atoms with Gasteiger partial charge in [-0.25, -0.2) is 9.47 Å². The van der Waals surface area contributed by atoms with Gasteiger partial charge in [0.05, 0.1) is 17.1 Å². The molecule has 0 aliphatic rings. The van der Waals surface area contributed by atoms with Crippen molar-refractivity contribution in [2.24, 2.45) is 4.99 Å². The number of rotatable bonds is 4. The number of aryl methyl sites for hydroxylation is 1. The number of imidazole rings is 1. The normalized spacial score (nSPS) is 10.2. The summed E-state index contributed by atoms with van der Waals surface area (Å²) >= 11 is 11.4. The van der Waals surface area contributed by atoms with Crippen LogP contribution in [0.5, 0.6) is 0 Å². The fourth-order valence-electron chi connectivity index (χ4n) is 2.46. The number of hydrogen-bond acceptors (Lipinski definition) is 4. The number of hydrogen-bond donors (Lipinski definition) is 2. The van der Waals surface area contributed by atoms with Crippen LogP contribution in [0.25, 0.3) is 11.3 Å². The van der Waals surface area contributed by atoms with E-state index in [-0.39, 0.29) is 0 Å². The molecule has 24 heavy (non-hydrogen) atoms. The molecule has 0 fully saturated rings. The minimum Gasteiger partial charge on any atom is -0.333 e. The Morgan fingerprint density at radius 2 is 2.04 bits per heavy atom. The van der Waals surface area contributed by atoms with E-state index >= 15 is 0 Å². The second kappa shape index (κ2) is 6.84. The van der Waals surface area contributed by atoms with Crippen molar-refractivity contribution < 1.29 is 4.79 Å². The lowest BCUT2D eigenvalue weighted by Gasteiger charge is -2.12. The zero-order valence-corrected chi connectivity index (χ0v) is 14.3. The van der Waals surface area contributed by atoms with Gasteiger partial charge in [0.1, 0.15) is 0 Å². The zero-order valence-electron chi connectivity index (χ0n) is 12.7. The van der Waals surface area contributed by atoms with Crippen LogP contribution in [-0.2, 0) is 4.79 Å². The second-order valence-corrected chi connectivity index (χ2v) is 5.94. The Hall–Kier alpha value is -2.66. The molecule has 0 saturated carbocycles. The number of isocyanates is 1. The van der Waals surface area contributed by atoms with Crippen molar-refractivity contribution in [1.82, 2.24) is 9.66 Å². The van der Waals surface area contributed by atoms with Crippen molar-refractivity contribution >= 4 is 41.3 Å². The topological polar surface area (TPSA) is 62.2 Å². The van der Waals surface area contributed by atoms with Gasteiger partial charge < -0.3 is 4.98 Å². The van der Waals surface area contributed by atoms with Gasteiger partial charge in [-0.05, 0) is 49.5 Å². The van der Waals surface area contributed by atoms with Gasteiger partial charge >= 0.3 is 0 Å². The molecule has 0 radical (unpaired) electrons. The molecule has 0 spiro atoms. The molecule has 0 unspecified atom stereocenters. The van der Waals surface area contributed by atoms with E-state index in [2.05, 4.69) is 15.4 Å². The predicted molar refractivity (Wildman–Crippen MR) is 98.0 cm³/mol. The Balaban J connectivity index is 2.10. The first-order valence-electron chi connectivity index (χ1n) is 7.11. The SMILES string of the molecule is Cc1[nH]c(=S)n(Nc2cccc(Cl)c2)c1-c1cccc(N=C=O)c1.